The van der Waals surface area contributed by atoms with E-state index in [0.717, 1.165) is 21.9 Å². The summed E-state index contributed by atoms with van der Waals surface area (Å²) in [7, 11) is 0. The lowest BCUT2D eigenvalue weighted by Gasteiger charge is -2.09. The van der Waals surface area contributed by atoms with Gasteiger partial charge in [0, 0.05) is 27.5 Å². The quantitative estimate of drug-likeness (QED) is 0.224. The summed E-state index contributed by atoms with van der Waals surface area (Å²) in [6, 6.07) is 14.5. The maximum Gasteiger partial charge on any atom is 0.164 e. The van der Waals surface area contributed by atoms with E-state index in [9.17, 15) is 0 Å². The van der Waals surface area contributed by atoms with Gasteiger partial charge in [0.15, 0.2) is 17.5 Å². The first-order chi connectivity index (χ1) is 25.3. The lowest BCUT2D eigenvalue weighted by Crippen LogP contribution is -2.00. The lowest BCUT2D eigenvalue weighted by atomic mass is 10.00. The molecule has 8 rings (SSSR count). The molecule has 41 heavy (non-hydrogen) atoms. The Morgan fingerprint density at radius 3 is 1.93 bits per heavy atom. The molecule has 0 saturated heterocycles. The zero-order valence-electron chi connectivity index (χ0n) is 33.1. The summed E-state index contributed by atoms with van der Waals surface area (Å²) in [5.41, 5.74) is 1.02. The van der Waals surface area contributed by atoms with Crippen LogP contribution in [0.4, 0.5) is 0 Å². The molecular formula is C37H23N3O. The van der Waals surface area contributed by atoms with Crippen molar-refractivity contribution in [2.24, 2.45) is 0 Å². The Balaban J connectivity index is 1.37. The van der Waals surface area contributed by atoms with Crippen LogP contribution < -0.4 is 0 Å². The SMILES string of the molecule is [2H]c1c([2H])c([2H])c(-c2nc(-c3ccc(-c4ccc5ccccc5c4)cc3)nc(-c3c([2H])c([2H])c4c(oc5c([2H])c([2H])c([2H])c([2H])c54)c3[2H])n2)c([2H])c1[2H]. The Kier molecular flexibility index (Phi) is 3.29. The van der Waals surface area contributed by atoms with Crippen LogP contribution in [0.3, 0.4) is 0 Å². The van der Waals surface area contributed by atoms with Crippen molar-refractivity contribution < 1.29 is 20.9 Å². The molecular weight excluding hydrogens is 502 g/mol. The van der Waals surface area contributed by atoms with Gasteiger partial charge in [-0.05, 0) is 46.1 Å². The van der Waals surface area contributed by atoms with Gasteiger partial charge >= 0.3 is 0 Å². The highest BCUT2D eigenvalue weighted by Crippen LogP contribution is 2.33. The largest absolute Gasteiger partial charge is 0.456 e. The molecule has 2 heterocycles. The van der Waals surface area contributed by atoms with Crippen LogP contribution in [0.25, 0.3) is 78.0 Å². The Bertz CT molecular complexity index is 2850. The number of fused-ring (bicyclic) bond motifs is 4. The normalized spacial score (nSPS) is 15.5. The van der Waals surface area contributed by atoms with Crippen LogP contribution >= 0.6 is 0 Å². The molecule has 8 aromatic rings. The van der Waals surface area contributed by atoms with E-state index in [-0.39, 0.29) is 50.5 Å². The van der Waals surface area contributed by atoms with E-state index < -0.39 is 72.5 Å². The minimum Gasteiger partial charge on any atom is -0.456 e. The molecule has 4 heteroatoms. The van der Waals surface area contributed by atoms with Gasteiger partial charge in [0.1, 0.15) is 11.2 Å². The molecule has 0 atom stereocenters. The van der Waals surface area contributed by atoms with Gasteiger partial charge in [0.25, 0.3) is 0 Å². The van der Waals surface area contributed by atoms with Gasteiger partial charge in [-0.1, -0.05) is 115 Å². The zero-order chi connectivity index (χ0) is 37.6. The summed E-state index contributed by atoms with van der Waals surface area (Å²) in [6.07, 6.45) is 0. The summed E-state index contributed by atoms with van der Waals surface area (Å²) in [6.45, 7) is 0. The number of furan rings is 1. The summed E-state index contributed by atoms with van der Waals surface area (Å²) >= 11 is 0. The van der Waals surface area contributed by atoms with Crippen molar-refractivity contribution in [1.82, 2.24) is 15.0 Å². The van der Waals surface area contributed by atoms with Gasteiger partial charge in [0.05, 0.1) is 16.4 Å². The molecule has 0 unspecified atom stereocenters. The molecule has 0 aliphatic carbocycles. The van der Waals surface area contributed by atoms with Gasteiger partial charge in [-0.25, -0.2) is 15.0 Å². The third-order valence-electron chi connectivity index (χ3n) is 6.69. The van der Waals surface area contributed by atoms with E-state index in [1.165, 1.54) is 0 Å². The molecule has 192 valence electrons. The molecule has 0 aliphatic heterocycles. The lowest BCUT2D eigenvalue weighted by molar-refractivity contribution is 0.669. The molecule has 0 spiro atoms. The molecule has 0 radical (unpaired) electrons. The first-order valence-electron chi connectivity index (χ1n) is 18.6. The molecule has 2 aromatic heterocycles. The van der Waals surface area contributed by atoms with E-state index in [1.807, 2.05) is 48.5 Å². The Morgan fingerprint density at radius 2 is 1.10 bits per heavy atom. The number of benzene rings is 6. The van der Waals surface area contributed by atoms with Crippen molar-refractivity contribution in [3.63, 3.8) is 0 Å². The Hall–Kier alpha value is -5.61. The number of rotatable bonds is 4. The Morgan fingerprint density at radius 1 is 0.463 bits per heavy atom. The number of nitrogens with zero attached hydrogens (tertiary/aromatic N) is 3. The van der Waals surface area contributed by atoms with Crippen molar-refractivity contribution in [3.05, 3.63) is 139 Å². The topological polar surface area (TPSA) is 51.8 Å². The minimum atomic E-state index is -0.622. The summed E-state index contributed by atoms with van der Waals surface area (Å²) in [5, 5.41) is 1.85. The third kappa shape index (κ3) is 4.23. The zero-order valence-corrected chi connectivity index (χ0v) is 21.1. The average Bonchev–Trinajstić information content (AvgIpc) is 3.58. The van der Waals surface area contributed by atoms with Crippen molar-refractivity contribution in [3.8, 4) is 45.3 Å². The van der Waals surface area contributed by atoms with Crippen LogP contribution in [0.15, 0.2) is 144 Å². The maximum absolute atomic E-state index is 9.13. The van der Waals surface area contributed by atoms with E-state index >= 15 is 0 Å². The average molecular weight is 538 g/mol. The maximum atomic E-state index is 9.13. The first kappa shape index (κ1) is 14.1. The van der Waals surface area contributed by atoms with Gasteiger partial charge in [0.2, 0.25) is 0 Å². The van der Waals surface area contributed by atoms with Gasteiger partial charge in [-0.2, -0.15) is 0 Å². The fraction of sp³-hybridized carbons (Fsp3) is 0. The molecule has 0 saturated carbocycles. The summed E-state index contributed by atoms with van der Waals surface area (Å²) in [4.78, 5) is 13.5. The second-order valence-corrected chi connectivity index (χ2v) is 9.21. The number of para-hydroxylation sites is 1. The Labute approximate surface area is 253 Å². The van der Waals surface area contributed by atoms with E-state index in [2.05, 4.69) is 21.0 Å². The number of aromatic nitrogens is 3. The molecule has 0 aliphatic rings. The predicted octanol–water partition coefficient (Wildman–Crippen LogP) is 9.59. The van der Waals surface area contributed by atoms with Crippen molar-refractivity contribution in [2.45, 2.75) is 0 Å². The fourth-order valence-electron chi connectivity index (χ4n) is 4.68. The van der Waals surface area contributed by atoms with Crippen LogP contribution in [0, 0.1) is 0 Å². The van der Waals surface area contributed by atoms with E-state index in [1.54, 1.807) is 12.1 Å². The highest BCUT2D eigenvalue weighted by molar-refractivity contribution is 6.05. The molecule has 4 nitrogen and oxygen atoms in total. The smallest absolute Gasteiger partial charge is 0.164 e. The number of hydrogen-bond donors (Lipinski definition) is 0. The van der Waals surface area contributed by atoms with Crippen LogP contribution in [0.2, 0.25) is 0 Å². The molecule has 0 N–H and O–H groups in total. The highest BCUT2D eigenvalue weighted by atomic mass is 16.3. The highest BCUT2D eigenvalue weighted by Gasteiger charge is 2.14. The molecule has 0 amide bonds. The van der Waals surface area contributed by atoms with Crippen molar-refractivity contribution in [2.75, 3.05) is 0 Å². The summed E-state index contributed by atoms with van der Waals surface area (Å²) in [5.74, 6) is -0.687. The number of hydrogen-bond acceptors (Lipinski definition) is 4. The van der Waals surface area contributed by atoms with E-state index in [4.69, 9.17) is 20.9 Å². The van der Waals surface area contributed by atoms with Crippen LogP contribution in [0.5, 0.6) is 0 Å². The molecule has 6 aromatic carbocycles. The monoisotopic (exact) mass is 537 g/mol. The van der Waals surface area contributed by atoms with Crippen LogP contribution in [-0.2, 0) is 0 Å². The van der Waals surface area contributed by atoms with Crippen molar-refractivity contribution in [1.29, 1.82) is 0 Å². The van der Waals surface area contributed by atoms with Crippen LogP contribution in [0.1, 0.15) is 16.4 Å². The minimum absolute atomic E-state index is 0.0171. The van der Waals surface area contributed by atoms with E-state index in [0.29, 0.717) is 5.56 Å². The van der Waals surface area contributed by atoms with Gasteiger partial charge < -0.3 is 4.42 Å². The fourth-order valence-corrected chi connectivity index (χ4v) is 4.68. The summed E-state index contributed by atoms with van der Waals surface area (Å²) < 4.78 is 108. The van der Waals surface area contributed by atoms with Crippen LogP contribution in [-0.4, -0.2) is 15.0 Å². The molecule has 0 bridgehead atoms. The van der Waals surface area contributed by atoms with Crippen molar-refractivity contribution >= 4 is 32.7 Å². The first-order valence-corrected chi connectivity index (χ1v) is 12.6. The standard InChI is InChI=1S/C37H23N3O/c1-2-9-26(10-3-1)35-38-36(27-17-14-25(15-18-27)29-19-16-24-8-4-5-11-28(24)22-29)40-37(39-35)30-20-21-32-31-12-6-7-13-33(31)41-34(32)23-30/h1-23H/i1D,2D,3D,6D,7D,9D,10D,12D,13D,20D,21D,23D. The predicted molar refractivity (Wildman–Crippen MR) is 166 cm³/mol. The van der Waals surface area contributed by atoms with Gasteiger partial charge in [-0.3, -0.25) is 0 Å². The van der Waals surface area contributed by atoms with Gasteiger partial charge in [-0.15, -0.1) is 0 Å². The third-order valence-corrected chi connectivity index (χ3v) is 6.69. The molecule has 0 fully saturated rings. The second kappa shape index (κ2) is 9.54. The second-order valence-electron chi connectivity index (χ2n) is 9.21.